The second-order valence-electron chi connectivity index (χ2n) is 9.37. The van der Waals surface area contributed by atoms with Crippen molar-refractivity contribution in [1.29, 1.82) is 0 Å². The van der Waals surface area contributed by atoms with E-state index in [0.29, 0.717) is 30.2 Å². The maximum Gasteiger partial charge on any atom is 0.251 e. The number of para-hydroxylation sites is 3. The van der Waals surface area contributed by atoms with E-state index in [2.05, 4.69) is 60.1 Å². The van der Waals surface area contributed by atoms with Crippen LogP contribution in [0.1, 0.15) is 46.6 Å². The Balaban J connectivity index is 1.31. The molecule has 7 nitrogen and oxygen atoms in total. The Labute approximate surface area is 224 Å². The van der Waals surface area contributed by atoms with E-state index in [1.807, 2.05) is 6.07 Å². The highest BCUT2D eigenvalue weighted by molar-refractivity contribution is 5.94. The number of aromatic nitrogens is 2. The van der Waals surface area contributed by atoms with Crippen LogP contribution in [0.5, 0.6) is 17.2 Å². The molecule has 200 valence electrons. The number of carbonyl (C=O) groups is 1. The Hall–Kier alpha value is -4.00. The molecule has 0 aliphatic heterocycles. The van der Waals surface area contributed by atoms with E-state index < -0.39 is 0 Å². The Morgan fingerprint density at radius 2 is 1.66 bits per heavy atom. The van der Waals surface area contributed by atoms with Crippen molar-refractivity contribution in [1.82, 2.24) is 14.9 Å². The van der Waals surface area contributed by atoms with E-state index in [-0.39, 0.29) is 5.91 Å². The summed E-state index contributed by atoms with van der Waals surface area (Å²) in [6, 6.07) is 19.6. The fraction of sp³-hybridized carbons (Fsp3) is 0.355. The number of aryl methyl sites for hydroxylation is 4. The molecule has 0 saturated carbocycles. The lowest BCUT2D eigenvalue weighted by Crippen LogP contribution is -2.25. The molecule has 0 unspecified atom stereocenters. The standard InChI is InChI=1S/C31H37N3O4/c1-22-11-9-12-23(2)30(22)38-20-8-7-19-34-26-14-6-5-13-25(26)33-29(34)15-10-18-32-31(35)24-16-17-27(36-3)28(21-24)37-4/h5-6,9,11-14,16-17,21H,7-8,10,15,18-20H2,1-4H3,(H,32,35). The zero-order chi connectivity index (χ0) is 26.9. The molecule has 1 aromatic heterocycles. The Morgan fingerprint density at radius 1 is 0.895 bits per heavy atom. The van der Waals surface area contributed by atoms with Crippen molar-refractivity contribution in [2.75, 3.05) is 27.4 Å². The van der Waals surface area contributed by atoms with Crippen LogP contribution < -0.4 is 19.5 Å². The molecule has 1 heterocycles. The monoisotopic (exact) mass is 515 g/mol. The molecule has 1 N–H and O–H groups in total. The molecule has 3 aromatic carbocycles. The van der Waals surface area contributed by atoms with Crippen molar-refractivity contribution >= 4 is 16.9 Å². The highest BCUT2D eigenvalue weighted by atomic mass is 16.5. The molecule has 0 saturated heterocycles. The number of ether oxygens (including phenoxy) is 3. The SMILES string of the molecule is COc1ccc(C(=O)NCCCc2nc3ccccc3n2CCCCOc2c(C)cccc2C)cc1OC. The number of imidazole rings is 1. The van der Waals surface area contributed by atoms with Gasteiger partial charge in [-0.15, -0.1) is 0 Å². The molecule has 1 amide bonds. The van der Waals surface area contributed by atoms with Gasteiger partial charge in [0.25, 0.3) is 5.91 Å². The van der Waals surface area contributed by atoms with Gasteiger partial charge in [0.1, 0.15) is 11.6 Å². The van der Waals surface area contributed by atoms with Gasteiger partial charge in [-0.05, 0) is 74.6 Å². The molecule has 0 fully saturated rings. The van der Waals surface area contributed by atoms with Gasteiger partial charge >= 0.3 is 0 Å². The summed E-state index contributed by atoms with van der Waals surface area (Å²) in [5.74, 6) is 3.04. The minimum Gasteiger partial charge on any atom is -0.493 e. The molecule has 0 aliphatic rings. The van der Waals surface area contributed by atoms with Gasteiger partial charge in [-0.3, -0.25) is 4.79 Å². The lowest BCUT2D eigenvalue weighted by atomic mass is 10.1. The number of nitrogens with zero attached hydrogens (tertiary/aromatic N) is 2. The van der Waals surface area contributed by atoms with Crippen LogP contribution in [0.4, 0.5) is 0 Å². The van der Waals surface area contributed by atoms with E-state index in [1.165, 1.54) is 11.1 Å². The summed E-state index contributed by atoms with van der Waals surface area (Å²) in [4.78, 5) is 17.5. The Kier molecular flexibility index (Phi) is 9.25. The number of amides is 1. The van der Waals surface area contributed by atoms with Crippen molar-refractivity contribution in [3.63, 3.8) is 0 Å². The summed E-state index contributed by atoms with van der Waals surface area (Å²) in [5.41, 5.74) is 5.03. The topological polar surface area (TPSA) is 74.6 Å². The number of rotatable bonds is 13. The first-order valence-electron chi connectivity index (χ1n) is 13.1. The lowest BCUT2D eigenvalue weighted by Gasteiger charge is -2.13. The van der Waals surface area contributed by atoms with Crippen molar-refractivity contribution in [3.05, 3.63) is 83.2 Å². The third-order valence-corrected chi connectivity index (χ3v) is 6.67. The van der Waals surface area contributed by atoms with Crippen LogP contribution in [0.3, 0.4) is 0 Å². The first kappa shape index (κ1) is 27.0. The van der Waals surface area contributed by atoms with Gasteiger partial charge in [0.2, 0.25) is 0 Å². The first-order chi connectivity index (χ1) is 18.5. The number of hydrogen-bond donors (Lipinski definition) is 1. The number of unbranched alkanes of at least 4 members (excludes halogenated alkanes) is 1. The van der Waals surface area contributed by atoms with Crippen molar-refractivity contribution in [2.45, 2.75) is 46.1 Å². The number of carbonyl (C=O) groups excluding carboxylic acids is 1. The van der Waals surface area contributed by atoms with Crippen molar-refractivity contribution < 1.29 is 19.0 Å². The van der Waals surface area contributed by atoms with E-state index in [4.69, 9.17) is 19.2 Å². The predicted molar refractivity (Wildman–Crippen MR) is 151 cm³/mol. The zero-order valence-corrected chi connectivity index (χ0v) is 22.8. The molecule has 0 bridgehead atoms. The van der Waals surface area contributed by atoms with Gasteiger partial charge < -0.3 is 24.1 Å². The van der Waals surface area contributed by atoms with Gasteiger partial charge in [-0.1, -0.05) is 30.3 Å². The summed E-state index contributed by atoms with van der Waals surface area (Å²) >= 11 is 0. The van der Waals surface area contributed by atoms with Crippen LogP contribution in [0.25, 0.3) is 11.0 Å². The average molecular weight is 516 g/mol. The van der Waals surface area contributed by atoms with Crippen LogP contribution in [-0.4, -0.2) is 42.8 Å². The van der Waals surface area contributed by atoms with Gasteiger partial charge in [0.15, 0.2) is 11.5 Å². The fourth-order valence-corrected chi connectivity index (χ4v) is 4.67. The largest absolute Gasteiger partial charge is 0.493 e. The minimum absolute atomic E-state index is 0.136. The Morgan fingerprint density at radius 3 is 2.42 bits per heavy atom. The number of nitrogens with one attached hydrogen (secondary N) is 1. The van der Waals surface area contributed by atoms with Crippen molar-refractivity contribution in [3.8, 4) is 17.2 Å². The molecule has 0 spiro atoms. The van der Waals surface area contributed by atoms with Crippen LogP contribution in [-0.2, 0) is 13.0 Å². The second kappa shape index (κ2) is 13.0. The number of hydrogen-bond acceptors (Lipinski definition) is 5. The highest BCUT2D eigenvalue weighted by Crippen LogP contribution is 2.27. The molecule has 38 heavy (non-hydrogen) atoms. The third-order valence-electron chi connectivity index (χ3n) is 6.67. The summed E-state index contributed by atoms with van der Waals surface area (Å²) in [6.07, 6.45) is 3.52. The smallest absolute Gasteiger partial charge is 0.251 e. The van der Waals surface area contributed by atoms with Gasteiger partial charge in [-0.25, -0.2) is 4.98 Å². The maximum atomic E-state index is 12.6. The highest BCUT2D eigenvalue weighted by Gasteiger charge is 2.13. The lowest BCUT2D eigenvalue weighted by molar-refractivity contribution is 0.0952. The summed E-state index contributed by atoms with van der Waals surface area (Å²) in [6.45, 7) is 6.30. The molecule has 7 heteroatoms. The van der Waals surface area contributed by atoms with Gasteiger partial charge in [-0.2, -0.15) is 0 Å². The molecular formula is C31H37N3O4. The minimum atomic E-state index is -0.136. The normalized spacial score (nSPS) is 10.9. The third kappa shape index (κ3) is 6.46. The van der Waals surface area contributed by atoms with Gasteiger partial charge in [0.05, 0.1) is 31.9 Å². The molecule has 0 aliphatic carbocycles. The first-order valence-corrected chi connectivity index (χ1v) is 13.1. The van der Waals surface area contributed by atoms with Crippen LogP contribution in [0, 0.1) is 13.8 Å². The summed E-state index contributed by atoms with van der Waals surface area (Å²) < 4.78 is 19.0. The quantitative estimate of drug-likeness (QED) is 0.225. The summed E-state index contributed by atoms with van der Waals surface area (Å²) in [7, 11) is 3.13. The van der Waals surface area contributed by atoms with Crippen LogP contribution >= 0.6 is 0 Å². The maximum absolute atomic E-state index is 12.6. The molecule has 4 rings (SSSR count). The molecule has 0 atom stereocenters. The van der Waals surface area contributed by atoms with Crippen molar-refractivity contribution in [2.24, 2.45) is 0 Å². The van der Waals surface area contributed by atoms with Gasteiger partial charge in [0, 0.05) is 25.1 Å². The molecule has 0 radical (unpaired) electrons. The van der Waals surface area contributed by atoms with E-state index >= 15 is 0 Å². The fourth-order valence-electron chi connectivity index (χ4n) is 4.67. The molecule has 4 aromatic rings. The number of benzene rings is 3. The zero-order valence-electron chi connectivity index (χ0n) is 22.8. The average Bonchev–Trinajstić information content (AvgIpc) is 3.29. The van der Waals surface area contributed by atoms with E-state index in [1.54, 1.807) is 32.4 Å². The number of methoxy groups -OCH3 is 2. The van der Waals surface area contributed by atoms with Crippen LogP contribution in [0.2, 0.25) is 0 Å². The predicted octanol–water partition coefficient (Wildman–Crippen LogP) is 5.89. The Bertz CT molecular complexity index is 1360. The number of fused-ring (bicyclic) bond motifs is 1. The van der Waals surface area contributed by atoms with E-state index in [0.717, 1.165) is 54.8 Å². The van der Waals surface area contributed by atoms with Crippen LogP contribution in [0.15, 0.2) is 60.7 Å². The molecular weight excluding hydrogens is 478 g/mol. The van der Waals surface area contributed by atoms with E-state index in [9.17, 15) is 4.79 Å². The summed E-state index contributed by atoms with van der Waals surface area (Å²) in [5, 5.41) is 3.01. The second-order valence-corrected chi connectivity index (χ2v) is 9.37.